The molecule has 0 spiro atoms. The van der Waals surface area contributed by atoms with E-state index in [1.165, 1.54) is 25.9 Å². The third kappa shape index (κ3) is 5.48. The van der Waals surface area contributed by atoms with Crippen molar-refractivity contribution in [2.24, 2.45) is 23.5 Å². The molecule has 1 amide bonds. The minimum Gasteiger partial charge on any atom is -0.381 e. The summed E-state index contributed by atoms with van der Waals surface area (Å²) in [5.41, 5.74) is 5.77. The fourth-order valence-corrected chi connectivity index (χ4v) is 4.89. The third-order valence-electron chi connectivity index (χ3n) is 6.79. The van der Waals surface area contributed by atoms with E-state index in [0.29, 0.717) is 0 Å². The number of hydrogen-bond acceptors (Lipinski definition) is 4. The second-order valence-corrected chi connectivity index (χ2v) is 8.44. The molecule has 26 heavy (non-hydrogen) atoms. The molecular formula is C19H37Cl2N3O2. The summed E-state index contributed by atoms with van der Waals surface area (Å²) in [4.78, 5) is 17.5. The molecule has 0 bridgehead atoms. The van der Waals surface area contributed by atoms with Crippen LogP contribution >= 0.6 is 24.8 Å². The van der Waals surface area contributed by atoms with E-state index in [2.05, 4.69) is 11.9 Å². The first-order valence-electron chi connectivity index (χ1n) is 9.83. The van der Waals surface area contributed by atoms with Crippen LogP contribution in [0.1, 0.15) is 45.4 Å². The Labute approximate surface area is 171 Å². The highest BCUT2D eigenvalue weighted by Crippen LogP contribution is 2.34. The molecule has 3 aliphatic rings. The van der Waals surface area contributed by atoms with E-state index in [1.54, 1.807) is 0 Å². The Hall–Kier alpha value is -0.0700. The molecule has 5 nitrogen and oxygen atoms in total. The zero-order valence-corrected chi connectivity index (χ0v) is 18.0. The molecule has 1 atom stereocenters. The van der Waals surface area contributed by atoms with E-state index < -0.39 is 5.54 Å². The summed E-state index contributed by atoms with van der Waals surface area (Å²) in [6.07, 6.45) is 6.78. The molecule has 7 heteroatoms. The minimum atomic E-state index is -0.732. The monoisotopic (exact) mass is 409 g/mol. The lowest BCUT2D eigenvalue weighted by atomic mass is 9.77. The average Bonchev–Trinajstić information content (AvgIpc) is 2.62. The fourth-order valence-electron chi connectivity index (χ4n) is 4.89. The SMILES string of the molecule is CN1CCC(C2CCN(C(=O)[C@](C)(N)C3CCOCC3)CC2)CC1.Cl.Cl. The maximum atomic E-state index is 13.0. The van der Waals surface area contributed by atoms with Gasteiger partial charge in [-0.1, -0.05) is 0 Å². The molecule has 3 heterocycles. The van der Waals surface area contributed by atoms with Gasteiger partial charge in [0.05, 0.1) is 5.54 Å². The number of nitrogens with two attached hydrogens (primary N) is 1. The van der Waals surface area contributed by atoms with E-state index >= 15 is 0 Å². The Morgan fingerprint density at radius 3 is 1.88 bits per heavy atom. The predicted molar refractivity (Wildman–Crippen MR) is 110 cm³/mol. The standard InChI is InChI=1S/C19H35N3O2.2ClH/c1-19(20,17-7-13-24-14-8-17)18(23)22-11-5-16(6-12-22)15-3-9-21(2)10-4-15;;/h15-17H,3-14,20H2,1-2H3;2*1H/t19-;;/m1../s1. The van der Waals surface area contributed by atoms with Crippen LogP contribution in [0.15, 0.2) is 0 Å². The van der Waals surface area contributed by atoms with E-state index in [9.17, 15) is 4.79 Å². The van der Waals surface area contributed by atoms with Crippen LogP contribution in [0.25, 0.3) is 0 Å². The minimum absolute atomic E-state index is 0. The Balaban J connectivity index is 0.00000169. The maximum Gasteiger partial charge on any atom is 0.242 e. The van der Waals surface area contributed by atoms with Crippen LogP contribution in [0.5, 0.6) is 0 Å². The van der Waals surface area contributed by atoms with E-state index in [1.807, 2.05) is 11.8 Å². The van der Waals surface area contributed by atoms with Gasteiger partial charge in [0.1, 0.15) is 0 Å². The van der Waals surface area contributed by atoms with Crippen molar-refractivity contribution in [3.8, 4) is 0 Å². The van der Waals surface area contributed by atoms with Crippen molar-refractivity contribution in [1.29, 1.82) is 0 Å². The molecule has 0 aliphatic carbocycles. The van der Waals surface area contributed by atoms with E-state index in [4.69, 9.17) is 10.5 Å². The van der Waals surface area contributed by atoms with Gasteiger partial charge in [0.15, 0.2) is 0 Å². The van der Waals surface area contributed by atoms with Crippen molar-refractivity contribution >= 4 is 30.7 Å². The maximum absolute atomic E-state index is 13.0. The highest BCUT2D eigenvalue weighted by Gasteiger charge is 2.42. The normalized spacial score (nSPS) is 26.5. The number of amides is 1. The van der Waals surface area contributed by atoms with Crippen LogP contribution in [0, 0.1) is 17.8 Å². The molecule has 2 N–H and O–H groups in total. The van der Waals surface area contributed by atoms with Crippen molar-refractivity contribution < 1.29 is 9.53 Å². The van der Waals surface area contributed by atoms with Gasteiger partial charge in [-0.05, 0) is 83.3 Å². The average molecular weight is 410 g/mol. The molecule has 0 unspecified atom stereocenters. The quantitative estimate of drug-likeness (QED) is 0.777. The van der Waals surface area contributed by atoms with Gasteiger partial charge in [-0.2, -0.15) is 0 Å². The van der Waals surface area contributed by atoms with Gasteiger partial charge in [0.2, 0.25) is 5.91 Å². The number of ether oxygens (including phenoxy) is 1. The van der Waals surface area contributed by atoms with E-state index in [-0.39, 0.29) is 36.6 Å². The van der Waals surface area contributed by atoms with Crippen molar-refractivity contribution in [3.05, 3.63) is 0 Å². The lowest BCUT2D eigenvalue weighted by Gasteiger charge is -2.43. The predicted octanol–water partition coefficient (Wildman–Crippen LogP) is 2.55. The van der Waals surface area contributed by atoms with Crippen LogP contribution in [0.2, 0.25) is 0 Å². The second-order valence-electron chi connectivity index (χ2n) is 8.44. The topological polar surface area (TPSA) is 58.8 Å². The van der Waals surface area contributed by atoms with Gasteiger partial charge in [-0.25, -0.2) is 0 Å². The number of nitrogens with zero attached hydrogens (tertiary/aromatic N) is 2. The fraction of sp³-hybridized carbons (Fsp3) is 0.947. The summed E-state index contributed by atoms with van der Waals surface area (Å²) in [5.74, 6) is 2.08. The van der Waals surface area contributed by atoms with Crippen molar-refractivity contribution in [3.63, 3.8) is 0 Å². The van der Waals surface area contributed by atoms with Gasteiger partial charge >= 0.3 is 0 Å². The summed E-state index contributed by atoms with van der Waals surface area (Å²) in [7, 11) is 2.22. The molecule has 154 valence electrons. The number of rotatable bonds is 3. The summed E-state index contributed by atoms with van der Waals surface area (Å²) < 4.78 is 5.42. The first kappa shape index (κ1) is 24.0. The van der Waals surface area contributed by atoms with Crippen LogP contribution < -0.4 is 5.73 Å². The van der Waals surface area contributed by atoms with Gasteiger partial charge in [0.25, 0.3) is 0 Å². The summed E-state index contributed by atoms with van der Waals surface area (Å²) >= 11 is 0. The Morgan fingerprint density at radius 1 is 0.923 bits per heavy atom. The number of halogens is 2. The molecule has 3 saturated heterocycles. The number of likely N-dealkylation sites (tertiary alicyclic amines) is 2. The zero-order valence-electron chi connectivity index (χ0n) is 16.3. The van der Waals surface area contributed by atoms with Crippen LogP contribution in [-0.4, -0.2) is 67.7 Å². The number of piperidine rings is 2. The first-order valence-corrected chi connectivity index (χ1v) is 9.83. The third-order valence-corrected chi connectivity index (χ3v) is 6.79. The Kier molecular flexibility index (Phi) is 9.65. The highest BCUT2D eigenvalue weighted by molar-refractivity contribution is 5.86. The smallest absolute Gasteiger partial charge is 0.242 e. The zero-order chi connectivity index (χ0) is 17.2. The number of carbonyl (C=O) groups excluding carboxylic acids is 1. The molecule has 0 aromatic heterocycles. The Morgan fingerprint density at radius 2 is 1.38 bits per heavy atom. The lowest BCUT2D eigenvalue weighted by molar-refractivity contribution is -0.141. The molecule has 3 aliphatic heterocycles. The lowest BCUT2D eigenvalue weighted by Crippen LogP contribution is -2.60. The van der Waals surface area contributed by atoms with Crippen molar-refractivity contribution in [2.45, 2.75) is 51.0 Å². The molecule has 0 radical (unpaired) electrons. The molecule has 0 aromatic rings. The summed E-state index contributed by atoms with van der Waals surface area (Å²) in [6, 6.07) is 0. The van der Waals surface area contributed by atoms with E-state index in [0.717, 1.165) is 63.8 Å². The number of hydrogen-bond donors (Lipinski definition) is 1. The van der Waals surface area contributed by atoms with Gasteiger partial charge in [-0.15, -0.1) is 24.8 Å². The summed E-state index contributed by atoms with van der Waals surface area (Å²) in [6.45, 7) is 7.67. The van der Waals surface area contributed by atoms with Gasteiger partial charge < -0.3 is 20.3 Å². The first-order chi connectivity index (χ1) is 11.5. The molecule has 0 aromatic carbocycles. The van der Waals surface area contributed by atoms with Crippen LogP contribution in [-0.2, 0) is 9.53 Å². The van der Waals surface area contributed by atoms with Crippen molar-refractivity contribution in [1.82, 2.24) is 9.80 Å². The van der Waals surface area contributed by atoms with Gasteiger partial charge in [-0.3, -0.25) is 4.79 Å². The van der Waals surface area contributed by atoms with Crippen molar-refractivity contribution in [2.75, 3.05) is 46.4 Å². The second kappa shape index (κ2) is 10.5. The highest BCUT2D eigenvalue weighted by atomic mass is 35.5. The number of carbonyl (C=O) groups is 1. The van der Waals surface area contributed by atoms with Gasteiger partial charge in [0, 0.05) is 26.3 Å². The molecular weight excluding hydrogens is 373 g/mol. The molecule has 3 fully saturated rings. The van der Waals surface area contributed by atoms with Crippen LogP contribution in [0.3, 0.4) is 0 Å². The van der Waals surface area contributed by atoms with Crippen LogP contribution in [0.4, 0.5) is 0 Å². The molecule has 3 rings (SSSR count). The largest absolute Gasteiger partial charge is 0.381 e. The Bertz CT molecular complexity index is 429. The molecule has 0 saturated carbocycles. The summed E-state index contributed by atoms with van der Waals surface area (Å²) in [5, 5.41) is 0.